The van der Waals surface area contributed by atoms with Crippen LogP contribution in [0.3, 0.4) is 0 Å². The van der Waals surface area contributed by atoms with Crippen LogP contribution in [0.2, 0.25) is 0 Å². The number of nitrogens with one attached hydrogen (secondary N) is 2. The summed E-state index contributed by atoms with van der Waals surface area (Å²) in [5.74, 6) is 1.73. The van der Waals surface area contributed by atoms with Gasteiger partial charge in [-0.15, -0.1) is 11.3 Å². The number of hydrogen-bond donors (Lipinski definition) is 2. The number of rotatable bonds is 5. The highest BCUT2D eigenvalue weighted by Gasteiger charge is 2.23. The number of ether oxygens (including phenoxy) is 1. The normalized spacial score (nSPS) is 15.8. The van der Waals surface area contributed by atoms with E-state index in [4.69, 9.17) is 14.7 Å². The second kappa shape index (κ2) is 9.97. The molecule has 1 aliphatic carbocycles. The molecule has 5 aromatic rings. The van der Waals surface area contributed by atoms with E-state index in [-0.39, 0.29) is 0 Å². The summed E-state index contributed by atoms with van der Waals surface area (Å²) in [5.41, 5.74) is 8.76. The minimum absolute atomic E-state index is 0.290. The van der Waals surface area contributed by atoms with Crippen molar-refractivity contribution in [2.45, 2.75) is 52.1 Å². The van der Waals surface area contributed by atoms with Gasteiger partial charge in [0.25, 0.3) is 0 Å². The third-order valence-electron chi connectivity index (χ3n) is 7.80. The predicted octanol–water partition coefficient (Wildman–Crippen LogP) is 8.02. The van der Waals surface area contributed by atoms with E-state index in [2.05, 4.69) is 65.5 Å². The highest BCUT2D eigenvalue weighted by molar-refractivity contribution is 7.15. The van der Waals surface area contributed by atoms with Crippen molar-refractivity contribution in [1.29, 1.82) is 0 Å². The lowest BCUT2D eigenvalue weighted by atomic mass is 9.93. The highest BCUT2D eigenvalue weighted by Crippen LogP contribution is 2.40. The molecule has 6 nitrogen and oxygen atoms in total. The molecule has 5 aromatic heterocycles. The van der Waals surface area contributed by atoms with Crippen LogP contribution >= 0.6 is 11.3 Å². The van der Waals surface area contributed by atoms with E-state index in [0.717, 1.165) is 69.9 Å². The Balaban J connectivity index is 1.27. The van der Waals surface area contributed by atoms with Gasteiger partial charge in [0, 0.05) is 68.9 Å². The molecule has 0 saturated heterocycles. The van der Waals surface area contributed by atoms with Gasteiger partial charge < -0.3 is 15.0 Å². The fraction of sp³-hybridized carbons (Fsp3) is 0.281. The fourth-order valence-electron chi connectivity index (χ4n) is 5.83. The Morgan fingerprint density at radius 1 is 0.923 bits per heavy atom. The summed E-state index contributed by atoms with van der Waals surface area (Å²) in [6.45, 7) is 5.08. The van der Waals surface area contributed by atoms with Crippen LogP contribution in [0.4, 0.5) is 5.82 Å². The Morgan fingerprint density at radius 3 is 2.64 bits per heavy atom. The van der Waals surface area contributed by atoms with Crippen molar-refractivity contribution < 1.29 is 4.74 Å². The SMILES string of the molecule is CC1=C(c2cc3c(-c4ccc(C)s4)nccc3[nH]2)c2cc(-c3cncc(OC4CCCCC4)c3)cnc2NC1. The molecule has 0 unspecified atom stereocenters. The molecule has 0 amide bonds. The Kier molecular flexibility index (Phi) is 6.16. The zero-order chi connectivity index (χ0) is 26.3. The molecule has 0 radical (unpaired) electrons. The number of pyridine rings is 3. The van der Waals surface area contributed by atoms with E-state index in [9.17, 15) is 0 Å². The van der Waals surface area contributed by atoms with Crippen LogP contribution < -0.4 is 10.1 Å². The first-order valence-corrected chi connectivity index (χ1v) is 14.5. The number of aromatic nitrogens is 4. The van der Waals surface area contributed by atoms with Gasteiger partial charge in [-0.2, -0.15) is 0 Å². The Labute approximate surface area is 232 Å². The van der Waals surface area contributed by atoms with Gasteiger partial charge in [-0.05, 0) is 81.5 Å². The number of hydrogen-bond acceptors (Lipinski definition) is 6. The van der Waals surface area contributed by atoms with Crippen molar-refractivity contribution in [3.8, 4) is 27.4 Å². The van der Waals surface area contributed by atoms with Crippen molar-refractivity contribution in [3.05, 3.63) is 82.9 Å². The number of aromatic amines is 1. The molecular formula is C32H31N5OS. The second-order valence-corrected chi connectivity index (χ2v) is 11.9. The topological polar surface area (TPSA) is 75.7 Å². The lowest BCUT2D eigenvalue weighted by molar-refractivity contribution is 0.154. The zero-order valence-corrected chi connectivity index (χ0v) is 23.1. The minimum atomic E-state index is 0.290. The number of aryl methyl sites for hydroxylation is 1. The molecule has 1 fully saturated rings. The molecule has 0 spiro atoms. The quantitative estimate of drug-likeness (QED) is 0.239. The average molecular weight is 534 g/mol. The first-order valence-electron chi connectivity index (χ1n) is 13.7. The van der Waals surface area contributed by atoms with Crippen molar-refractivity contribution in [2.75, 3.05) is 11.9 Å². The number of anilines is 1. The van der Waals surface area contributed by atoms with E-state index in [0.29, 0.717) is 6.10 Å². The number of fused-ring (bicyclic) bond motifs is 2. The zero-order valence-electron chi connectivity index (χ0n) is 22.3. The predicted molar refractivity (Wildman–Crippen MR) is 159 cm³/mol. The Hall–Kier alpha value is -3.97. The molecule has 39 heavy (non-hydrogen) atoms. The second-order valence-electron chi connectivity index (χ2n) is 10.6. The molecular weight excluding hydrogens is 502 g/mol. The highest BCUT2D eigenvalue weighted by atomic mass is 32.1. The molecule has 196 valence electrons. The number of thiophene rings is 1. The third kappa shape index (κ3) is 4.61. The summed E-state index contributed by atoms with van der Waals surface area (Å²) >= 11 is 1.78. The van der Waals surface area contributed by atoms with E-state index >= 15 is 0 Å². The molecule has 0 aromatic carbocycles. The maximum absolute atomic E-state index is 6.31. The van der Waals surface area contributed by atoms with Crippen LogP contribution in [0.25, 0.3) is 38.2 Å². The lowest BCUT2D eigenvalue weighted by Crippen LogP contribution is -2.19. The van der Waals surface area contributed by atoms with Crippen LogP contribution in [0.5, 0.6) is 5.75 Å². The molecule has 7 heteroatoms. The third-order valence-corrected chi connectivity index (χ3v) is 8.80. The summed E-state index contributed by atoms with van der Waals surface area (Å²) in [6, 6.07) is 12.9. The smallest absolute Gasteiger partial charge is 0.138 e. The standard InChI is InChI=1S/C32H31N5OS/c1-19-15-35-32-26(13-22(17-36-32)21-12-24(18-33-16-21)38-23-6-4-3-5-7-23)30(19)28-14-25-27(37-28)10-11-34-31(25)29-9-8-20(2)39-29/h8-14,16-18,23,37H,3-7,15H2,1-2H3,(H,35,36). The van der Waals surface area contributed by atoms with Gasteiger partial charge in [-0.1, -0.05) is 6.42 Å². The van der Waals surface area contributed by atoms with Crippen LogP contribution in [-0.2, 0) is 0 Å². The monoisotopic (exact) mass is 533 g/mol. The lowest BCUT2D eigenvalue weighted by Gasteiger charge is -2.23. The average Bonchev–Trinajstić information content (AvgIpc) is 3.59. The molecule has 1 aliphatic heterocycles. The van der Waals surface area contributed by atoms with Crippen molar-refractivity contribution in [3.63, 3.8) is 0 Å². The van der Waals surface area contributed by atoms with Crippen LogP contribution in [0, 0.1) is 6.92 Å². The van der Waals surface area contributed by atoms with Gasteiger partial charge >= 0.3 is 0 Å². The first-order chi connectivity index (χ1) is 19.1. The summed E-state index contributed by atoms with van der Waals surface area (Å²) in [7, 11) is 0. The van der Waals surface area contributed by atoms with Crippen LogP contribution in [0.1, 0.15) is 55.2 Å². The fourth-order valence-corrected chi connectivity index (χ4v) is 6.71. The van der Waals surface area contributed by atoms with Crippen LogP contribution in [0.15, 0.2) is 66.8 Å². The van der Waals surface area contributed by atoms with Crippen LogP contribution in [-0.4, -0.2) is 32.6 Å². The molecule has 0 atom stereocenters. The minimum Gasteiger partial charge on any atom is -0.489 e. The van der Waals surface area contributed by atoms with Gasteiger partial charge in [0.1, 0.15) is 11.6 Å². The first kappa shape index (κ1) is 24.1. The van der Waals surface area contributed by atoms with E-state index < -0.39 is 0 Å². The number of nitrogens with zero attached hydrogens (tertiary/aromatic N) is 3. The van der Waals surface area contributed by atoms with Crippen molar-refractivity contribution in [2.24, 2.45) is 0 Å². The van der Waals surface area contributed by atoms with Gasteiger partial charge in [-0.25, -0.2) is 4.98 Å². The summed E-state index contributed by atoms with van der Waals surface area (Å²) < 4.78 is 6.31. The molecule has 2 N–H and O–H groups in total. The van der Waals surface area contributed by atoms with E-state index in [1.807, 2.05) is 24.8 Å². The summed E-state index contributed by atoms with van der Waals surface area (Å²) in [5, 5.41) is 4.63. The van der Waals surface area contributed by atoms with E-state index in [1.165, 1.54) is 40.2 Å². The summed E-state index contributed by atoms with van der Waals surface area (Å²) in [4.78, 5) is 20.2. The van der Waals surface area contributed by atoms with Gasteiger partial charge in [0.05, 0.1) is 22.9 Å². The van der Waals surface area contributed by atoms with Gasteiger partial charge in [0.2, 0.25) is 0 Å². The molecule has 6 heterocycles. The maximum Gasteiger partial charge on any atom is 0.138 e. The largest absolute Gasteiger partial charge is 0.489 e. The van der Waals surface area contributed by atoms with Crippen molar-refractivity contribution >= 4 is 33.6 Å². The number of H-pyrrole nitrogens is 1. The molecule has 7 rings (SSSR count). The summed E-state index contributed by atoms with van der Waals surface area (Å²) in [6.07, 6.45) is 13.9. The van der Waals surface area contributed by atoms with E-state index in [1.54, 1.807) is 11.3 Å². The Bertz CT molecular complexity index is 1710. The molecule has 2 aliphatic rings. The molecule has 1 saturated carbocycles. The molecule has 0 bridgehead atoms. The van der Waals surface area contributed by atoms with Gasteiger partial charge in [0.15, 0.2) is 0 Å². The van der Waals surface area contributed by atoms with Crippen molar-refractivity contribution in [1.82, 2.24) is 19.9 Å². The maximum atomic E-state index is 6.31. The Morgan fingerprint density at radius 2 is 1.79 bits per heavy atom. The van der Waals surface area contributed by atoms with Gasteiger partial charge in [-0.3, -0.25) is 9.97 Å².